The van der Waals surface area contributed by atoms with E-state index < -0.39 is 23.6 Å². The zero-order chi connectivity index (χ0) is 15.3. The molecular formula is C14H18ClN2O3. The van der Waals surface area contributed by atoms with Gasteiger partial charge in [-0.2, -0.15) is 0 Å². The molecule has 0 aliphatic heterocycles. The van der Waals surface area contributed by atoms with Gasteiger partial charge in [-0.15, -0.1) is 5.32 Å². The molecule has 0 bridgehead atoms. The Balaban J connectivity index is 2.51. The molecule has 0 aliphatic carbocycles. The first-order valence-electron chi connectivity index (χ1n) is 6.16. The Hall–Kier alpha value is -1.59. The average Bonchev–Trinajstić information content (AvgIpc) is 2.29. The lowest BCUT2D eigenvalue weighted by Gasteiger charge is -2.19. The fourth-order valence-electron chi connectivity index (χ4n) is 1.42. The summed E-state index contributed by atoms with van der Waals surface area (Å²) in [6.07, 6.45) is -0.642. The third-order valence-electron chi connectivity index (χ3n) is 2.28. The van der Waals surface area contributed by atoms with E-state index in [9.17, 15) is 9.59 Å². The van der Waals surface area contributed by atoms with Gasteiger partial charge in [-0.3, -0.25) is 4.79 Å². The van der Waals surface area contributed by atoms with Crippen LogP contribution >= 0.6 is 11.6 Å². The van der Waals surface area contributed by atoms with Crippen LogP contribution in [0, 0.1) is 0 Å². The average molecular weight is 298 g/mol. The quantitative estimate of drug-likeness (QED) is 0.927. The number of nitrogens with zero attached hydrogens (tertiary/aromatic N) is 1. The van der Waals surface area contributed by atoms with Gasteiger partial charge in [0.25, 0.3) is 5.91 Å². The molecular weight excluding hydrogens is 280 g/mol. The largest absolute Gasteiger partial charge is 0.442 e. The molecule has 20 heavy (non-hydrogen) atoms. The van der Waals surface area contributed by atoms with E-state index in [0.29, 0.717) is 5.02 Å². The van der Waals surface area contributed by atoms with Crippen molar-refractivity contribution in [2.75, 3.05) is 0 Å². The number of hydrogen-bond acceptors (Lipinski definition) is 4. The molecule has 1 atom stereocenters. The number of amides is 2. The van der Waals surface area contributed by atoms with Crippen LogP contribution in [0.15, 0.2) is 24.3 Å². The van der Waals surface area contributed by atoms with Gasteiger partial charge in [0, 0.05) is 5.02 Å². The molecule has 0 heterocycles. The number of halogens is 1. The van der Waals surface area contributed by atoms with E-state index in [2.05, 4.69) is 5.32 Å². The van der Waals surface area contributed by atoms with E-state index in [4.69, 9.17) is 22.1 Å². The first kappa shape index (κ1) is 16.5. The highest BCUT2D eigenvalue weighted by Gasteiger charge is 2.23. The Morgan fingerprint density at radius 3 is 2.35 bits per heavy atom. The number of imide groups is 1. The third kappa shape index (κ3) is 6.04. The monoisotopic (exact) mass is 297 g/mol. The summed E-state index contributed by atoms with van der Waals surface area (Å²) in [6.45, 7) is 5.08. The number of nitrogens with two attached hydrogens (primary N) is 1. The van der Waals surface area contributed by atoms with Crippen LogP contribution in [0.2, 0.25) is 5.02 Å². The van der Waals surface area contributed by atoms with Crippen molar-refractivity contribution in [2.45, 2.75) is 38.8 Å². The van der Waals surface area contributed by atoms with Crippen molar-refractivity contribution in [3.05, 3.63) is 34.9 Å². The summed E-state index contributed by atoms with van der Waals surface area (Å²) in [7, 11) is 0. The summed E-state index contributed by atoms with van der Waals surface area (Å²) in [5.41, 5.74) is 5.86. The Morgan fingerprint density at radius 2 is 1.85 bits per heavy atom. The summed E-state index contributed by atoms with van der Waals surface area (Å²) < 4.78 is 4.93. The van der Waals surface area contributed by atoms with Gasteiger partial charge in [-0.05, 0) is 44.9 Å². The number of carbonyl (C=O) groups is 2. The molecule has 1 rings (SSSR count). The molecule has 0 spiro atoms. The van der Waals surface area contributed by atoms with Crippen molar-refractivity contribution in [3.63, 3.8) is 0 Å². The van der Waals surface area contributed by atoms with Crippen molar-refractivity contribution >= 4 is 23.6 Å². The summed E-state index contributed by atoms with van der Waals surface area (Å²) in [5, 5.41) is 3.93. The van der Waals surface area contributed by atoms with Gasteiger partial charge in [-0.1, -0.05) is 23.7 Å². The lowest BCUT2D eigenvalue weighted by Crippen LogP contribution is -2.42. The SMILES string of the molecule is CC(C)(C)OC(=O)[N]C(=O)[C@@H](N)Cc1ccc(Cl)cc1. The van der Waals surface area contributed by atoms with Crippen LogP contribution in [0.1, 0.15) is 26.3 Å². The van der Waals surface area contributed by atoms with E-state index in [1.54, 1.807) is 45.0 Å². The number of carbonyl (C=O) groups excluding carboxylic acids is 2. The minimum Gasteiger partial charge on any atom is -0.442 e. The Labute approximate surface area is 123 Å². The van der Waals surface area contributed by atoms with Crippen molar-refractivity contribution < 1.29 is 14.3 Å². The van der Waals surface area contributed by atoms with Crippen molar-refractivity contribution in [1.29, 1.82) is 0 Å². The minimum atomic E-state index is -0.922. The smallest absolute Gasteiger partial charge is 0.437 e. The summed E-state index contributed by atoms with van der Waals surface area (Å²) >= 11 is 5.76. The fourth-order valence-corrected chi connectivity index (χ4v) is 1.55. The Kier molecular flexibility index (Phi) is 5.53. The van der Waals surface area contributed by atoms with Gasteiger partial charge in [0.15, 0.2) is 0 Å². The van der Waals surface area contributed by atoms with Crippen molar-refractivity contribution in [3.8, 4) is 0 Å². The second kappa shape index (κ2) is 6.72. The normalized spacial score (nSPS) is 12.7. The van der Waals surface area contributed by atoms with Crippen LogP contribution < -0.4 is 11.1 Å². The van der Waals surface area contributed by atoms with Crippen LogP contribution in [0.3, 0.4) is 0 Å². The van der Waals surface area contributed by atoms with Gasteiger partial charge in [0.1, 0.15) is 5.60 Å². The molecule has 2 amide bonds. The number of rotatable bonds is 3. The Morgan fingerprint density at radius 1 is 1.30 bits per heavy atom. The highest BCUT2D eigenvalue weighted by Crippen LogP contribution is 2.11. The predicted molar refractivity (Wildman–Crippen MR) is 76.5 cm³/mol. The van der Waals surface area contributed by atoms with Gasteiger partial charge >= 0.3 is 6.09 Å². The van der Waals surface area contributed by atoms with Crippen LogP contribution in [-0.2, 0) is 16.0 Å². The molecule has 2 N–H and O–H groups in total. The van der Waals surface area contributed by atoms with Crippen molar-refractivity contribution in [1.82, 2.24) is 5.32 Å². The van der Waals surface area contributed by atoms with Gasteiger partial charge in [0.05, 0.1) is 6.04 Å². The summed E-state index contributed by atoms with van der Waals surface area (Å²) in [6, 6.07) is 6.06. The Bertz CT molecular complexity index is 480. The zero-order valence-corrected chi connectivity index (χ0v) is 12.5. The lowest BCUT2D eigenvalue weighted by molar-refractivity contribution is -0.122. The molecule has 0 saturated carbocycles. The van der Waals surface area contributed by atoms with Gasteiger partial charge in [0.2, 0.25) is 0 Å². The molecule has 0 aliphatic rings. The first-order valence-corrected chi connectivity index (χ1v) is 6.54. The minimum absolute atomic E-state index is 0.280. The second-order valence-corrected chi connectivity index (χ2v) is 5.80. The molecule has 0 saturated heterocycles. The number of benzene rings is 1. The second-order valence-electron chi connectivity index (χ2n) is 5.37. The number of ether oxygens (including phenoxy) is 1. The molecule has 1 radical (unpaired) electrons. The van der Waals surface area contributed by atoms with E-state index in [-0.39, 0.29) is 6.42 Å². The molecule has 1 aromatic carbocycles. The van der Waals surface area contributed by atoms with E-state index in [0.717, 1.165) is 5.56 Å². The summed E-state index contributed by atoms with van der Waals surface area (Å²) in [4.78, 5) is 23.1. The molecule has 0 aromatic heterocycles. The van der Waals surface area contributed by atoms with Crippen molar-refractivity contribution in [2.24, 2.45) is 5.73 Å². The molecule has 0 unspecified atom stereocenters. The zero-order valence-electron chi connectivity index (χ0n) is 11.7. The maximum Gasteiger partial charge on any atom is 0.437 e. The molecule has 109 valence electrons. The highest BCUT2D eigenvalue weighted by molar-refractivity contribution is 6.30. The molecule has 1 aromatic rings. The topological polar surface area (TPSA) is 83.5 Å². The molecule has 6 heteroatoms. The highest BCUT2D eigenvalue weighted by atomic mass is 35.5. The van der Waals surface area contributed by atoms with Crippen LogP contribution in [0.25, 0.3) is 0 Å². The molecule has 0 fully saturated rings. The van der Waals surface area contributed by atoms with Crippen LogP contribution in [0.4, 0.5) is 4.79 Å². The van der Waals surface area contributed by atoms with Gasteiger partial charge < -0.3 is 10.5 Å². The van der Waals surface area contributed by atoms with E-state index in [1.807, 2.05) is 0 Å². The fraction of sp³-hybridized carbons (Fsp3) is 0.429. The van der Waals surface area contributed by atoms with Crippen LogP contribution in [0.5, 0.6) is 0 Å². The third-order valence-corrected chi connectivity index (χ3v) is 2.53. The predicted octanol–water partition coefficient (Wildman–Crippen LogP) is 2.28. The van der Waals surface area contributed by atoms with E-state index >= 15 is 0 Å². The molecule has 5 nitrogen and oxygen atoms in total. The lowest BCUT2D eigenvalue weighted by atomic mass is 10.1. The standard InChI is InChI=1S/C14H18ClN2O3/c1-14(2,3)20-13(19)17-12(18)11(16)8-9-4-6-10(15)7-5-9/h4-7,11H,8,16H2,1-3H3/t11-/m0/s1. The maximum atomic E-state index is 11.7. The van der Waals surface area contributed by atoms with Gasteiger partial charge in [-0.25, -0.2) is 4.79 Å². The first-order chi connectivity index (χ1) is 9.17. The summed E-state index contributed by atoms with van der Waals surface area (Å²) in [5.74, 6) is -0.700. The number of hydrogen-bond donors (Lipinski definition) is 1. The maximum absolute atomic E-state index is 11.7. The van der Waals surface area contributed by atoms with E-state index in [1.165, 1.54) is 0 Å². The van der Waals surface area contributed by atoms with Crippen LogP contribution in [-0.4, -0.2) is 23.6 Å².